The summed E-state index contributed by atoms with van der Waals surface area (Å²) >= 11 is 6.08. The second-order valence-electron chi connectivity index (χ2n) is 6.90. The SMILES string of the molecule is Cc1cccc(NC(=O)N2CCc3ccccc3C2c2ccc(Cl)cc2)c1. The van der Waals surface area contributed by atoms with Crippen molar-refractivity contribution in [3.05, 3.63) is 100 Å². The van der Waals surface area contributed by atoms with E-state index in [0.717, 1.165) is 23.2 Å². The van der Waals surface area contributed by atoms with Crippen molar-refractivity contribution in [1.29, 1.82) is 0 Å². The molecule has 1 unspecified atom stereocenters. The highest BCUT2D eigenvalue weighted by atomic mass is 35.5. The van der Waals surface area contributed by atoms with E-state index in [-0.39, 0.29) is 12.1 Å². The number of hydrogen-bond donors (Lipinski definition) is 1. The van der Waals surface area contributed by atoms with Gasteiger partial charge in [-0.1, -0.05) is 60.1 Å². The van der Waals surface area contributed by atoms with E-state index in [1.165, 1.54) is 11.1 Å². The Balaban J connectivity index is 1.70. The highest BCUT2D eigenvalue weighted by molar-refractivity contribution is 6.30. The number of hydrogen-bond acceptors (Lipinski definition) is 1. The van der Waals surface area contributed by atoms with Crippen molar-refractivity contribution in [3.8, 4) is 0 Å². The smallest absolute Gasteiger partial charge is 0.313 e. The van der Waals surface area contributed by atoms with Gasteiger partial charge in [0.15, 0.2) is 0 Å². The van der Waals surface area contributed by atoms with Gasteiger partial charge in [0.1, 0.15) is 0 Å². The highest BCUT2D eigenvalue weighted by Crippen LogP contribution is 2.36. The first-order valence-electron chi connectivity index (χ1n) is 9.09. The summed E-state index contributed by atoms with van der Waals surface area (Å²) in [7, 11) is 0. The molecule has 1 aliphatic heterocycles. The summed E-state index contributed by atoms with van der Waals surface area (Å²) < 4.78 is 0. The van der Waals surface area contributed by atoms with E-state index in [0.29, 0.717) is 11.6 Å². The summed E-state index contributed by atoms with van der Waals surface area (Å²) in [5.41, 5.74) is 5.45. The minimum atomic E-state index is -0.128. The van der Waals surface area contributed by atoms with Crippen LogP contribution in [-0.4, -0.2) is 17.5 Å². The lowest BCUT2D eigenvalue weighted by atomic mass is 9.88. The molecule has 1 aliphatic rings. The number of carbonyl (C=O) groups is 1. The van der Waals surface area contributed by atoms with E-state index in [1.807, 2.05) is 66.4 Å². The Morgan fingerprint density at radius 1 is 1.04 bits per heavy atom. The summed E-state index contributed by atoms with van der Waals surface area (Å²) in [6, 6.07) is 23.8. The highest BCUT2D eigenvalue weighted by Gasteiger charge is 2.31. The van der Waals surface area contributed by atoms with Gasteiger partial charge in [-0.25, -0.2) is 4.79 Å². The summed E-state index contributed by atoms with van der Waals surface area (Å²) in [5.74, 6) is 0. The van der Waals surface area contributed by atoms with E-state index in [2.05, 4.69) is 23.5 Å². The van der Waals surface area contributed by atoms with Gasteiger partial charge in [0, 0.05) is 17.3 Å². The third-order valence-electron chi connectivity index (χ3n) is 5.00. The Labute approximate surface area is 164 Å². The third kappa shape index (κ3) is 3.69. The van der Waals surface area contributed by atoms with Crippen LogP contribution in [0.25, 0.3) is 0 Å². The van der Waals surface area contributed by atoms with E-state index >= 15 is 0 Å². The van der Waals surface area contributed by atoms with Crippen LogP contribution in [0.15, 0.2) is 72.8 Å². The Kier molecular flexibility index (Phi) is 4.87. The van der Waals surface area contributed by atoms with Gasteiger partial charge in [0.05, 0.1) is 6.04 Å². The zero-order valence-corrected chi connectivity index (χ0v) is 15.9. The molecule has 3 aromatic rings. The molecule has 3 aromatic carbocycles. The zero-order valence-electron chi connectivity index (χ0n) is 15.2. The monoisotopic (exact) mass is 376 g/mol. The minimum Gasteiger partial charge on any atom is -0.313 e. The molecule has 136 valence electrons. The van der Waals surface area contributed by atoms with Gasteiger partial charge < -0.3 is 10.2 Å². The molecule has 0 saturated heterocycles. The molecule has 0 saturated carbocycles. The molecule has 0 aliphatic carbocycles. The molecule has 1 N–H and O–H groups in total. The van der Waals surface area contributed by atoms with Crippen LogP contribution in [0.4, 0.5) is 10.5 Å². The first-order chi connectivity index (χ1) is 13.1. The average molecular weight is 377 g/mol. The normalized spacial score (nSPS) is 15.9. The fourth-order valence-electron chi connectivity index (χ4n) is 3.71. The maximum Gasteiger partial charge on any atom is 0.322 e. The quantitative estimate of drug-likeness (QED) is 0.599. The summed E-state index contributed by atoms with van der Waals surface area (Å²) in [6.07, 6.45) is 0.849. The molecule has 1 heterocycles. The molecule has 4 rings (SSSR count). The lowest BCUT2D eigenvalue weighted by molar-refractivity contribution is 0.194. The number of nitrogens with zero attached hydrogens (tertiary/aromatic N) is 1. The summed E-state index contributed by atoms with van der Waals surface area (Å²) in [6.45, 7) is 2.69. The molecular weight excluding hydrogens is 356 g/mol. The van der Waals surface area contributed by atoms with Crippen molar-refractivity contribution in [3.63, 3.8) is 0 Å². The van der Waals surface area contributed by atoms with Crippen LogP contribution < -0.4 is 5.32 Å². The number of rotatable bonds is 2. The second-order valence-corrected chi connectivity index (χ2v) is 7.33. The Morgan fingerprint density at radius 3 is 2.59 bits per heavy atom. The van der Waals surface area contributed by atoms with Crippen molar-refractivity contribution in [2.75, 3.05) is 11.9 Å². The molecular formula is C23H21ClN2O. The molecule has 1 atom stereocenters. The lowest BCUT2D eigenvalue weighted by Gasteiger charge is -2.37. The molecule has 27 heavy (non-hydrogen) atoms. The topological polar surface area (TPSA) is 32.3 Å². The van der Waals surface area contributed by atoms with Crippen molar-refractivity contribution in [1.82, 2.24) is 4.90 Å². The van der Waals surface area contributed by atoms with Gasteiger partial charge in [-0.2, -0.15) is 0 Å². The molecule has 3 nitrogen and oxygen atoms in total. The van der Waals surface area contributed by atoms with E-state index in [9.17, 15) is 4.79 Å². The second kappa shape index (κ2) is 7.45. The maximum atomic E-state index is 13.1. The molecule has 4 heteroatoms. The van der Waals surface area contributed by atoms with Crippen molar-refractivity contribution >= 4 is 23.3 Å². The van der Waals surface area contributed by atoms with Crippen molar-refractivity contribution < 1.29 is 4.79 Å². The predicted octanol–water partition coefficient (Wildman–Crippen LogP) is 5.83. The van der Waals surface area contributed by atoms with Crippen LogP contribution in [-0.2, 0) is 6.42 Å². The largest absolute Gasteiger partial charge is 0.322 e. The number of amides is 2. The minimum absolute atomic E-state index is 0.0879. The first kappa shape index (κ1) is 17.6. The van der Waals surface area contributed by atoms with Gasteiger partial charge in [0.2, 0.25) is 0 Å². The number of urea groups is 1. The molecule has 0 bridgehead atoms. The van der Waals surface area contributed by atoms with E-state index in [1.54, 1.807) is 0 Å². The maximum absolute atomic E-state index is 13.1. The van der Waals surface area contributed by atoms with Gasteiger partial charge in [0.25, 0.3) is 0 Å². The number of aryl methyl sites for hydroxylation is 1. The molecule has 0 spiro atoms. The molecule has 0 fully saturated rings. The van der Waals surface area contributed by atoms with Crippen LogP contribution in [0.5, 0.6) is 0 Å². The van der Waals surface area contributed by atoms with Gasteiger partial charge in [-0.05, 0) is 59.9 Å². The average Bonchev–Trinajstić information content (AvgIpc) is 2.68. The van der Waals surface area contributed by atoms with Crippen LogP contribution in [0.2, 0.25) is 5.02 Å². The van der Waals surface area contributed by atoms with Gasteiger partial charge >= 0.3 is 6.03 Å². The first-order valence-corrected chi connectivity index (χ1v) is 9.47. The van der Waals surface area contributed by atoms with Crippen LogP contribution in [0.1, 0.15) is 28.3 Å². The molecule has 0 aromatic heterocycles. The summed E-state index contributed by atoms with van der Waals surface area (Å²) in [5, 5.41) is 3.75. The van der Waals surface area contributed by atoms with E-state index in [4.69, 9.17) is 11.6 Å². The van der Waals surface area contributed by atoms with Gasteiger partial charge in [-0.3, -0.25) is 0 Å². The third-order valence-corrected chi connectivity index (χ3v) is 5.25. The number of fused-ring (bicyclic) bond motifs is 1. The van der Waals surface area contributed by atoms with Crippen LogP contribution in [0.3, 0.4) is 0 Å². The van der Waals surface area contributed by atoms with Crippen molar-refractivity contribution in [2.24, 2.45) is 0 Å². The Hall–Kier alpha value is -2.78. The van der Waals surface area contributed by atoms with E-state index < -0.39 is 0 Å². The zero-order chi connectivity index (χ0) is 18.8. The fraction of sp³-hybridized carbons (Fsp3) is 0.174. The molecule has 0 radical (unpaired) electrons. The number of benzene rings is 3. The number of carbonyl (C=O) groups excluding carboxylic acids is 1. The predicted molar refractivity (Wildman–Crippen MR) is 110 cm³/mol. The number of anilines is 1. The van der Waals surface area contributed by atoms with Crippen LogP contribution >= 0.6 is 11.6 Å². The van der Waals surface area contributed by atoms with Gasteiger partial charge in [-0.15, -0.1) is 0 Å². The fourth-order valence-corrected chi connectivity index (χ4v) is 3.83. The standard InChI is InChI=1S/C23H21ClN2O/c1-16-5-4-7-20(15-16)25-23(27)26-14-13-17-6-2-3-8-21(17)22(26)18-9-11-19(24)12-10-18/h2-12,15,22H,13-14H2,1H3,(H,25,27). The number of halogens is 1. The number of nitrogens with one attached hydrogen (secondary N) is 1. The summed E-state index contributed by atoms with van der Waals surface area (Å²) in [4.78, 5) is 15.0. The van der Waals surface area contributed by atoms with Crippen LogP contribution in [0, 0.1) is 6.92 Å². The Bertz CT molecular complexity index is 968. The lowest BCUT2D eigenvalue weighted by Crippen LogP contribution is -2.43. The Morgan fingerprint density at radius 2 is 1.81 bits per heavy atom. The van der Waals surface area contributed by atoms with Crippen molar-refractivity contribution in [2.45, 2.75) is 19.4 Å². The molecule has 2 amide bonds.